The molecule has 5 heteroatoms. The molecule has 3 aromatic heterocycles. The topological polar surface area (TPSA) is 54.9 Å². The molecule has 0 aliphatic rings. The lowest BCUT2D eigenvalue weighted by atomic mass is 10.1. The predicted octanol–water partition coefficient (Wildman–Crippen LogP) is 4.80. The van der Waals surface area contributed by atoms with Crippen LogP contribution in [0.25, 0.3) is 22.4 Å². The number of aromatic nitrogens is 2. The van der Waals surface area contributed by atoms with Crippen molar-refractivity contribution in [3.05, 3.63) is 95.1 Å². The Morgan fingerprint density at radius 3 is 2.44 bits per heavy atom. The second kappa shape index (κ2) is 7.93. The van der Waals surface area contributed by atoms with Gasteiger partial charge >= 0.3 is 0 Å². The van der Waals surface area contributed by atoms with Gasteiger partial charge in [0.1, 0.15) is 0 Å². The lowest BCUT2D eigenvalue weighted by Gasteiger charge is -2.10. The molecule has 4 rings (SSSR count). The van der Waals surface area contributed by atoms with E-state index in [1.54, 1.807) is 29.9 Å². The molecule has 1 aromatic carbocycles. The van der Waals surface area contributed by atoms with Gasteiger partial charge in [0, 0.05) is 36.3 Å². The molecule has 0 spiro atoms. The van der Waals surface area contributed by atoms with Crippen LogP contribution >= 0.6 is 11.3 Å². The summed E-state index contributed by atoms with van der Waals surface area (Å²) in [5.41, 5.74) is 5.72. The van der Waals surface area contributed by atoms with Gasteiger partial charge < -0.3 is 5.32 Å². The highest BCUT2D eigenvalue weighted by atomic mass is 32.1. The van der Waals surface area contributed by atoms with E-state index in [4.69, 9.17) is 0 Å². The number of hydrogen-bond donors (Lipinski definition) is 1. The van der Waals surface area contributed by atoms with Crippen molar-refractivity contribution in [1.82, 2.24) is 15.3 Å². The largest absolute Gasteiger partial charge is 0.348 e. The summed E-state index contributed by atoms with van der Waals surface area (Å²) in [5, 5.41) is 7.13. The van der Waals surface area contributed by atoms with Crippen LogP contribution in [0.2, 0.25) is 0 Å². The Bertz CT molecular complexity index is 1030. The number of nitrogens with zero attached hydrogens (tertiary/aromatic N) is 2. The van der Waals surface area contributed by atoms with E-state index in [1.165, 1.54) is 5.56 Å². The third kappa shape index (κ3) is 3.93. The Morgan fingerprint density at radius 1 is 0.889 bits per heavy atom. The highest BCUT2D eigenvalue weighted by Gasteiger charge is 2.10. The number of benzene rings is 1. The monoisotopic (exact) mass is 371 g/mol. The van der Waals surface area contributed by atoms with Crippen LogP contribution in [0.1, 0.15) is 15.9 Å². The van der Waals surface area contributed by atoms with Crippen LogP contribution in [0.5, 0.6) is 0 Å². The quantitative estimate of drug-likeness (QED) is 0.548. The normalized spacial score (nSPS) is 10.5. The first-order valence-electron chi connectivity index (χ1n) is 8.56. The maximum Gasteiger partial charge on any atom is 0.251 e. The number of carbonyl (C=O) groups excluding carboxylic acids is 1. The lowest BCUT2D eigenvalue weighted by molar-refractivity contribution is 0.0951. The molecule has 132 valence electrons. The van der Waals surface area contributed by atoms with Crippen LogP contribution in [0.15, 0.2) is 83.9 Å². The van der Waals surface area contributed by atoms with E-state index in [1.807, 2.05) is 53.9 Å². The fourth-order valence-corrected chi connectivity index (χ4v) is 3.54. The van der Waals surface area contributed by atoms with Gasteiger partial charge in [-0.3, -0.25) is 14.8 Å². The van der Waals surface area contributed by atoms with E-state index in [9.17, 15) is 4.79 Å². The van der Waals surface area contributed by atoms with Gasteiger partial charge in [0.2, 0.25) is 0 Å². The molecule has 0 atom stereocenters. The van der Waals surface area contributed by atoms with Crippen LogP contribution in [0.4, 0.5) is 0 Å². The minimum absolute atomic E-state index is 0.101. The Morgan fingerprint density at radius 2 is 1.70 bits per heavy atom. The zero-order chi connectivity index (χ0) is 18.5. The molecule has 0 fully saturated rings. The molecule has 1 amide bonds. The predicted molar refractivity (Wildman–Crippen MR) is 108 cm³/mol. The standard InChI is InChI=1S/C22H17N3OS/c26-22(18-5-3-16(4-6-18)20-9-13-27-15-20)25-14-19-2-1-10-24-21(19)17-7-11-23-12-8-17/h1-13,15H,14H2,(H,25,26). The maximum atomic E-state index is 12.5. The number of thiophene rings is 1. The van der Waals surface area contributed by atoms with Gasteiger partial charge in [-0.15, -0.1) is 0 Å². The van der Waals surface area contributed by atoms with Crippen molar-refractivity contribution in [3.8, 4) is 22.4 Å². The first kappa shape index (κ1) is 17.1. The second-order valence-corrected chi connectivity index (χ2v) is 6.80. The van der Waals surface area contributed by atoms with E-state index in [0.29, 0.717) is 12.1 Å². The summed E-state index contributed by atoms with van der Waals surface area (Å²) in [4.78, 5) is 21.0. The van der Waals surface area contributed by atoms with E-state index < -0.39 is 0 Å². The van der Waals surface area contributed by atoms with Gasteiger partial charge in [-0.25, -0.2) is 0 Å². The molecule has 0 saturated heterocycles. The fourth-order valence-electron chi connectivity index (χ4n) is 2.87. The molecule has 27 heavy (non-hydrogen) atoms. The fraction of sp³-hybridized carbons (Fsp3) is 0.0455. The molecule has 3 heterocycles. The van der Waals surface area contributed by atoms with Gasteiger partial charge in [0.25, 0.3) is 5.91 Å². The minimum Gasteiger partial charge on any atom is -0.348 e. The molecular weight excluding hydrogens is 354 g/mol. The lowest BCUT2D eigenvalue weighted by Crippen LogP contribution is -2.23. The second-order valence-electron chi connectivity index (χ2n) is 6.02. The number of pyridine rings is 2. The summed E-state index contributed by atoms with van der Waals surface area (Å²) >= 11 is 1.66. The summed E-state index contributed by atoms with van der Waals surface area (Å²) in [6.45, 7) is 0.413. The van der Waals surface area contributed by atoms with Crippen molar-refractivity contribution in [2.24, 2.45) is 0 Å². The van der Waals surface area contributed by atoms with Crippen molar-refractivity contribution < 1.29 is 4.79 Å². The summed E-state index contributed by atoms with van der Waals surface area (Å²) in [7, 11) is 0. The first-order chi connectivity index (χ1) is 13.3. The number of amides is 1. The van der Waals surface area contributed by atoms with E-state index in [0.717, 1.165) is 22.4 Å². The van der Waals surface area contributed by atoms with E-state index in [2.05, 4.69) is 26.7 Å². The number of hydrogen-bond acceptors (Lipinski definition) is 4. The van der Waals surface area contributed by atoms with Crippen LogP contribution in [-0.2, 0) is 6.54 Å². The van der Waals surface area contributed by atoms with Crippen molar-refractivity contribution in [2.75, 3.05) is 0 Å². The van der Waals surface area contributed by atoms with Crippen LogP contribution < -0.4 is 5.32 Å². The molecule has 0 unspecified atom stereocenters. The van der Waals surface area contributed by atoms with Gasteiger partial charge in [-0.05, 0) is 63.8 Å². The summed E-state index contributed by atoms with van der Waals surface area (Å²) in [6, 6.07) is 17.4. The summed E-state index contributed by atoms with van der Waals surface area (Å²) in [6.07, 6.45) is 5.23. The van der Waals surface area contributed by atoms with Crippen molar-refractivity contribution in [1.29, 1.82) is 0 Å². The first-order valence-corrected chi connectivity index (χ1v) is 9.51. The number of carbonyl (C=O) groups is 1. The average molecular weight is 371 g/mol. The summed E-state index contributed by atoms with van der Waals surface area (Å²) in [5.74, 6) is -0.101. The molecule has 0 aliphatic heterocycles. The van der Waals surface area contributed by atoms with Crippen LogP contribution in [0, 0.1) is 0 Å². The highest BCUT2D eigenvalue weighted by Crippen LogP contribution is 2.23. The Labute approximate surface area is 161 Å². The zero-order valence-corrected chi connectivity index (χ0v) is 15.3. The van der Waals surface area contributed by atoms with Gasteiger partial charge in [0.15, 0.2) is 0 Å². The van der Waals surface area contributed by atoms with Gasteiger partial charge in [0.05, 0.1) is 5.69 Å². The third-order valence-electron chi connectivity index (χ3n) is 4.29. The van der Waals surface area contributed by atoms with Crippen molar-refractivity contribution in [3.63, 3.8) is 0 Å². The number of nitrogens with one attached hydrogen (secondary N) is 1. The van der Waals surface area contributed by atoms with Crippen LogP contribution in [0.3, 0.4) is 0 Å². The molecule has 4 nitrogen and oxygen atoms in total. The van der Waals surface area contributed by atoms with Gasteiger partial charge in [-0.1, -0.05) is 18.2 Å². The highest BCUT2D eigenvalue weighted by molar-refractivity contribution is 7.08. The third-order valence-corrected chi connectivity index (χ3v) is 4.97. The molecule has 0 aliphatic carbocycles. The maximum absolute atomic E-state index is 12.5. The van der Waals surface area contributed by atoms with Gasteiger partial charge in [-0.2, -0.15) is 11.3 Å². The molecule has 0 radical (unpaired) electrons. The Balaban J connectivity index is 1.47. The Hall–Kier alpha value is -3.31. The average Bonchev–Trinajstić information content (AvgIpc) is 3.28. The molecule has 1 N–H and O–H groups in total. The molecular formula is C22H17N3OS. The van der Waals surface area contributed by atoms with Crippen LogP contribution in [-0.4, -0.2) is 15.9 Å². The van der Waals surface area contributed by atoms with Crippen molar-refractivity contribution >= 4 is 17.2 Å². The Kier molecular flexibility index (Phi) is 5.03. The van der Waals surface area contributed by atoms with E-state index >= 15 is 0 Å². The van der Waals surface area contributed by atoms with E-state index in [-0.39, 0.29) is 5.91 Å². The number of rotatable bonds is 5. The summed E-state index contributed by atoms with van der Waals surface area (Å²) < 4.78 is 0. The molecule has 4 aromatic rings. The minimum atomic E-state index is -0.101. The van der Waals surface area contributed by atoms with Crippen molar-refractivity contribution in [2.45, 2.75) is 6.54 Å². The molecule has 0 bridgehead atoms. The smallest absolute Gasteiger partial charge is 0.251 e. The SMILES string of the molecule is O=C(NCc1cccnc1-c1ccncc1)c1ccc(-c2ccsc2)cc1. The molecule has 0 saturated carbocycles. The zero-order valence-electron chi connectivity index (χ0n) is 14.5.